The third-order valence-electron chi connectivity index (χ3n) is 7.54. The number of carbonyl (C=O) groups is 4. The average molecular weight is 472 g/mol. The van der Waals surface area contributed by atoms with Gasteiger partial charge in [-0.2, -0.15) is 0 Å². The van der Waals surface area contributed by atoms with Crippen LogP contribution >= 0.6 is 0 Å². The molecule has 7 nitrogen and oxygen atoms in total. The van der Waals surface area contributed by atoms with E-state index in [1.807, 2.05) is 9.80 Å². The Morgan fingerprint density at radius 3 is 2.29 bits per heavy atom. The van der Waals surface area contributed by atoms with Crippen molar-refractivity contribution >= 4 is 23.6 Å². The molecule has 3 saturated heterocycles. The minimum atomic E-state index is -0.352. The molecule has 3 heterocycles. The molecule has 1 atom stereocenters. The van der Waals surface area contributed by atoms with E-state index in [-0.39, 0.29) is 54.9 Å². The zero-order chi connectivity index (χ0) is 24.1. The van der Waals surface area contributed by atoms with Gasteiger partial charge in [-0.3, -0.25) is 24.1 Å². The first-order chi connectivity index (χ1) is 16.4. The second-order valence-corrected chi connectivity index (χ2v) is 9.68. The van der Waals surface area contributed by atoms with Gasteiger partial charge in [0.2, 0.25) is 23.6 Å². The lowest BCUT2D eigenvalue weighted by Crippen LogP contribution is -2.52. The van der Waals surface area contributed by atoms with Crippen LogP contribution in [-0.2, 0) is 25.6 Å². The van der Waals surface area contributed by atoms with Crippen LogP contribution in [0.3, 0.4) is 0 Å². The number of rotatable bonds is 6. The molecular weight excluding hydrogens is 437 g/mol. The molecule has 184 valence electrons. The van der Waals surface area contributed by atoms with Gasteiger partial charge in [0.25, 0.3) is 0 Å². The van der Waals surface area contributed by atoms with Gasteiger partial charge in [0.15, 0.2) is 0 Å². The fourth-order valence-corrected chi connectivity index (χ4v) is 5.61. The molecule has 1 aromatic rings. The molecule has 0 spiro atoms. The van der Waals surface area contributed by atoms with Crippen molar-refractivity contribution in [2.75, 3.05) is 26.2 Å². The number of likely N-dealkylation sites (tertiary alicyclic amines) is 3. The smallest absolute Gasteiger partial charge is 0.229 e. The molecule has 3 fully saturated rings. The summed E-state index contributed by atoms with van der Waals surface area (Å²) in [5, 5.41) is 0. The second-order valence-electron chi connectivity index (χ2n) is 9.68. The van der Waals surface area contributed by atoms with Gasteiger partial charge in [0, 0.05) is 51.5 Å². The molecule has 0 radical (unpaired) electrons. The molecule has 0 N–H and O–H groups in total. The predicted octanol–water partition coefficient (Wildman–Crippen LogP) is 2.92. The van der Waals surface area contributed by atoms with Crippen molar-refractivity contribution in [1.29, 1.82) is 0 Å². The third-order valence-corrected chi connectivity index (χ3v) is 7.54. The van der Waals surface area contributed by atoms with Gasteiger partial charge in [0.05, 0.1) is 6.42 Å². The average Bonchev–Trinajstić information content (AvgIpc) is 2.85. The Labute approximate surface area is 200 Å². The Morgan fingerprint density at radius 1 is 0.882 bits per heavy atom. The highest BCUT2D eigenvalue weighted by Crippen LogP contribution is 2.31. The molecule has 1 aromatic carbocycles. The number of imide groups is 1. The predicted molar refractivity (Wildman–Crippen MR) is 124 cm³/mol. The molecule has 0 unspecified atom stereocenters. The molecule has 34 heavy (non-hydrogen) atoms. The van der Waals surface area contributed by atoms with E-state index >= 15 is 0 Å². The molecule has 8 heteroatoms. The molecule has 4 amide bonds. The SMILES string of the molecule is O=C(Cc1ccccc1F)N1CCC([C@H]2CCCCN2C(=O)CCN2C(=O)CCCC2=O)CC1. The van der Waals surface area contributed by atoms with Gasteiger partial charge >= 0.3 is 0 Å². The second kappa shape index (κ2) is 11.1. The van der Waals surface area contributed by atoms with Crippen LogP contribution in [0.15, 0.2) is 24.3 Å². The van der Waals surface area contributed by atoms with Gasteiger partial charge in [-0.05, 0) is 56.1 Å². The zero-order valence-electron chi connectivity index (χ0n) is 19.7. The van der Waals surface area contributed by atoms with Gasteiger partial charge < -0.3 is 9.80 Å². The van der Waals surface area contributed by atoms with Crippen LogP contribution < -0.4 is 0 Å². The minimum Gasteiger partial charge on any atom is -0.342 e. The lowest BCUT2D eigenvalue weighted by Gasteiger charge is -2.44. The van der Waals surface area contributed by atoms with Crippen LogP contribution in [0.25, 0.3) is 0 Å². The number of piperidine rings is 3. The van der Waals surface area contributed by atoms with Gasteiger partial charge in [-0.15, -0.1) is 0 Å². The van der Waals surface area contributed by atoms with Crippen molar-refractivity contribution in [2.45, 2.75) is 70.3 Å². The van der Waals surface area contributed by atoms with Crippen molar-refractivity contribution in [3.63, 3.8) is 0 Å². The molecular formula is C26H34FN3O4. The summed E-state index contributed by atoms with van der Waals surface area (Å²) < 4.78 is 13.9. The molecule has 3 aliphatic heterocycles. The first-order valence-corrected chi connectivity index (χ1v) is 12.6. The Bertz CT molecular complexity index is 912. The first kappa shape index (κ1) is 24.4. The van der Waals surface area contributed by atoms with Crippen LogP contribution in [-0.4, -0.2) is 70.5 Å². The molecule has 3 aliphatic rings. The highest BCUT2D eigenvalue weighted by molar-refractivity contribution is 5.97. The van der Waals surface area contributed by atoms with E-state index in [2.05, 4.69) is 0 Å². The Hall–Kier alpha value is -2.77. The van der Waals surface area contributed by atoms with E-state index in [9.17, 15) is 23.6 Å². The van der Waals surface area contributed by atoms with Crippen LogP contribution in [0.1, 0.15) is 63.4 Å². The van der Waals surface area contributed by atoms with E-state index in [1.54, 1.807) is 18.2 Å². The summed E-state index contributed by atoms with van der Waals surface area (Å²) in [5.41, 5.74) is 0.421. The summed E-state index contributed by atoms with van der Waals surface area (Å²) in [6.07, 6.45) is 6.21. The summed E-state index contributed by atoms with van der Waals surface area (Å²) in [6.45, 7) is 2.11. The van der Waals surface area contributed by atoms with E-state index in [4.69, 9.17) is 0 Å². The highest BCUT2D eigenvalue weighted by Gasteiger charge is 2.36. The van der Waals surface area contributed by atoms with Crippen molar-refractivity contribution in [1.82, 2.24) is 14.7 Å². The summed E-state index contributed by atoms with van der Waals surface area (Å²) in [6, 6.07) is 6.52. The van der Waals surface area contributed by atoms with Crippen LogP contribution in [0, 0.1) is 11.7 Å². The van der Waals surface area contributed by atoms with Crippen molar-refractivity contribution in [3.05, 3.63) is 35.6 Å². The standard InChI is InChI=1S/C26H34FN3O4/c27-21-7-2-1-6-20(21)18-26(34)28-15-11-19(12-16-28)22-8-3-4-14-29(22)25(33)13-17-30-23(31)9-5-10-24(30)32/h1-2,6-7,19,22H,3-5,8-18H2/t22-/m1/s1. The topological polar surface area (TPSA) is 78.0 Å². The van der Waals surface area contributed by atoms with Crippen molar-refractivity contribution < 1.29 is 23.6 Å². The lowest BCUT2D eigenvalue weighted by atomic mass is 9.83. The molecule has 4 rings (SSSR count). The van der Waals surface area contributed by atoms with E-state index < -0.39 is 0 Å². The quantitative estimate of drug-likeness (QED) is 0.598. The molecule has 0 bridgehead atoms. The number of hydrogen-bond donors (Lipinski definition) is 0. The number of amides is 4. The fraction of sp³-hybridized carbons (Fsp3) is 0.615. The Balaban J connectivity index is 1.30. The largest absolute Gasteiger partial charge is 0.342 e. The highest BCUT2D eigenvalue weighted by atomic mass is 19.1. The summed E-state index contributed by atoms with van der Waals surface area (Å²) in [4.78, 5) is 54.9. The molecule has 0 aliphatic carbocycles. The number of halogens is 1. The van der Waals surface area contributed by atoms with E-state index in [1.165, 1.54) is 11.0 Å². The normalized spacial score (nSPS) is 22.3. The minimum absolute atomic E-state index is 0.00827. The van der Waals surface area contributed by atoms with Crippen LogP contribution in [0.4, 0.5) is 4.39 Å². The monoisotopic (exact) mass is 471 g/mol. The summed E-state index contributed by atoms with van der Waals surface area (Å²) in [5.74, 6) is -0.432. The number of benzene rings is 1. The summed E-state index contributed by atoms with van der Waals surface area (Å²) >= 11 is 0. The Morgan fingerprint density at radius 2 is 1.59 bits per heavy atom. The number of carbonyl (C=O) groups excluding carboxylic acids is 4. The van der Waals surface area contributed by atoms with E-state index in [0.29, 0.717) is 50.4 Å². The fourth-order valence-electron chi connectivity index (χ4n) is 5.61. The van der Waals surface area contributed by atoms with Crippen LogP contribution in [0.2, 0.25) is 0 Å². The van der Waals surface area contributed by atoms with Crippen molar-refractivity contribution in [2.24, 2.45) is 5.92 Å². The van der Waals surface area contributed by atoms with E-state index in [0.717, 1.165) is 32.1 Å². The van der Waals surface area contributed by atoms with Crippen molar-refractivity contribution in [3.8, 4) is 0 Å². The van der Waals surface area contributed by atoms with Crippen LogP contribution in [0.5, 0.6) is 0 Å². The maximum absolute atomic E-state index is 13.9. The maximum Gasteiger partial charge on any atom is 0.229 e. The zero-order valence-corrected chi connectivity index (χ0v) is 19.7. The number of nitrogens with zero attached hydrogens (tertiary/aromatic N) is 3. The maximum atomic E-state index is 13.9. The third kappa shape index (κ3) is 5.65. The molecule has 0 saturated carbocycles. The van der Waals surface area contributed by atoms with Gasteiger partial charge in [-0.25, -0.2) is 4.39 Å². The van der Waals surface area contributed by atoms with Gasteiger partial charge in [0.1, 0.15) is 5.82 Å². The lowest BCUT2D eigenvalue weighted by molar-refractivity contribution is -0.149. The first-order valence-electron chi connectivity index (χ1n) is 12.6. The summed E-state index contributed by atoms with van der Waals surface area (Å²) in [7, 11) is 0. The molecule has 0 aromatic heterocycles. The van der Waals surface area contributed by atoms with Gasteiger partial charge in [-0.1, -0.05) is 18.2 Å². The Kier molecular flexibility index (Phi) is 7.95. The number of hydrogen-bond acceptors (Lipinski definition) is 4.